The van der Waals surface area contributed by atoms with Gasteiger partial charge in [0.25, 0.3) is 0 Å². The van der Waals surface area contributed by atoms with Crippen LogP contribution in [0.25, 0.3) is 0 Å². The van der Waals surface area contributed by atoms with Crippen LogP contribution in [0.3, 0.4) is 0 Å². The van der Waals surface area contributed by atoms with E-state index in [0.29, 0.717) is 0 Å². The molecule has 0 fully saturated rings. The maximum absolute atomic E-state index is 6.06. The highest BCUT2D eigenvalue weighted by atomic mass is 16.5. The largest absolute Gasteiger partial charge is 0.331 e. The molecule has 0 radical (unpaired) electrons. The van der Waals surface area contributed by atoms with Gasteiger partial charge >= 0.3 is 0 Å². The second-order valence-electron chi connectivity index (χ2n) is 8.76. The Morgan fingerprint density at radius 2 is 1.20 bits per heavy atom. The van der Waals surface area contributed by atoms with Gasteiger partial charge in [0.2, 0.25) is 0 Å². The molecule has 0 aromatic heterocycles. The third-order valence-electron chi connectivity index (χ3n) is 5.45. The molecular formula is C23H50NO+. The summed E-state index contributed by atoms with van der Waals surface area (Å²) in [5, 5.41) is 0. The summed E-state index contributed by atoms with van der Waals surface area (Å²) in [7, 11) is 4.64. The Balaban J connectivity index is 3.54. The normalized spacial score (nSPS) is 13.3. The van der Waals surface area contributed by atoms with Crippen molar-refractivity contribution in [3.63, 3.8) is 0 Å². The second-order valence-corrected chi connectivity index (χ2v) is 8.76. The van der Waals surface area contributed by atoms with E-state index in [9.17, 15) is 0 Å². The number of rotatable bonds is 19. The highest BCUT2D eigenvalue weighted by Gasteiger charge is 2.15. The Labute approximate surface area is 160 Å². The minimum absolute atomic E-state index is 0.761. The van der Waals surface area contributed by atoms with Gasteiger partial charge in [-0.1, -0.05) is 91.4 Å². The molecule has 0 aromatic carbocycles. The molecule has 1 atom stereocenters. The smallest absolute Gasteiger partial charge is 0.182 e. The third-order valence-corrected chi connectivity index (χ3v) is 5.45. The molecule has 25 heavy (non-hydrogen) atoms. The molecule has 0 spiro atoms. The SMILES string of the molecule is CCCCCCCCCCCC[N+](C)(C)COCC(CC)CCCC. The molecule has 0 aliphatic carbocycles. The van der Waals surface area contributed by atoms with E-state index in [1.54, 1.807) is 0 Å². The standard InChI is InChI=1S/C23H50NO/c1-6-9-11-12-13-14-15-16-17-18-20-24(4,5)22-25-21-23(8-3)19-10-7-2/h23H,6-22H2,1-5H3/q+1. The highest BCUT2D eigenvalue weighted by molar-refractivity contribution is 4.55. The minimum Gasteiger partial charge on any atom is -0.331 e. The van der Waals surface area contributed by atoms with Gasteiger partial charge in [-0.2, -0.15) is 0 Å². The van der Waals surface area contributed by atoms with Crippen LogP contribution in [0.2, 0.25) is 0 Å². The third kappa shape index (κ3) is 17.1. The van der Waals surface area contributed by atoms with Crippen molar-refractivity contribution in [3.8, 4) is 0 Å². The van der Waals surface area contributed by atoms with Gasteiger partial charge in [-0.05, 0) is 25.2 Å². The van der Waals surface area contributed by atoms with Gasteiger partial charge in [0, 0.05) is 0 Å². The fraction of sp³-hybridized carbons (Fsp3) is 1.00. The first kappa shape index (κ1) is 24.9. The summed E-state index contributed by atoms with van der Waals surface area (Å²) >= 11 is 0. The van der Waals surface area contributed by atoms with E-state index in [4.69, 9.17) is 4.74 Å². The average Bonchev–Trinajstić information content (AvgIpc) is 2.59. The van der Waals surface area contributed by atoms with Gasteiger partial charge in [0.05, 0.1) is 27.2 Å². The van der Waals surface area contributed by atoms with Crippen molar-refractivity contribution in [2.24, 2.45) is 5.92 Å². The average molecular weight is 357 g/mol. The van der Waals surface area contributed by atoms with Crippen molar-refractivity contribution in [1.82, 2.24) is 0 Å². The first-order chi connectivity index (χ1) is 12.1. The van der Waals surface area contributed by atoms with E-state index in [-0.39, 0.29) is 0 Å². The van der Waals surface area contributed by atoms with Crippen molar-refractivity contribution in [2.75, 3.05) is 34.0 Å². The number of nitrogens with zero attached hydrogens (tertiary/aromatic N) is 1. The summed E-state index contributed by atoms with van der Waals surface area (Å²) in [5.41, 5.74) is 0. The molecule has 0 N–H and O–H groups in total. The van der Waals surface area contributed by atoms with Crippen LogP contribution in [0.4, 0.5) is 0 Å². The number of hydrogen-bond acceptors (Lipinski definition) is 1. The molecule has 0 aliphatic rings. The summed E-state index contributed by atoms with van der Waals surface area (Å²) in [6.45, 7) is 9.95. The predicted octanol–water partition coefficient (Wildman–Crippen LogP) is 7.17. The van der Waals surface area contributed by atoms with Gasteiger partial charge < -0.3 is 9.22 Å². The molecule has 0 saturated heterocycles. The maximum Gasteiger partial charge on any atom is 0.182 e. The topological polar surface area (TPSA) is 9.23 Å². The second kappa shape index (κ2) is 17.3. The molecule has 2 nitrogen and oxygen atoms in total. The maximum atomic E-state index is 6.06. The number of unbranched alkanes of at least 4 members (excludes halogenated alkanes) is 10. The van der Waals surface area contributed by atoms with Crippen LogP contribution in [-0.4, -0.2) is 38.5 Å². The van der Waals surface area contributed by atoms with Gasteiger partial charge in [-0.15, -0.1) is 0 Å². The minimum atomic E-state index is 0.761. The van der Waals surface area contributed by atoms with E-state index in [0.717, 1.165) is 23.7 Å². The highest BCUT2D eigenvalue weighted by Crippen LogP contribution is 2.14. The molecular weight excluding hydrogens is 306 g/mol. The Morgan fingerprint density at radius 1 is 0.680 bits per heavy atom. The fourth-order valence-corrected chi connectivity index (χ4v) is 3.46. The Morgan fingerprint density at radius 3 is 1.72 bits per heavy atom. The lowest BCUT2D eigenvalue weighted by molar-refractivity contribution is -0.910. The monoisotopic (exact) mass is 356 g/mol. The summed E-state index contributed by atoms with van der Waals surface area (Å²) in [6, 6.07) is 0. The van der Waals surface area contributed by atoms with Crippen LogP contribution >= 0.6 is 0 Å². The summed E-state index contributed by atoms with van der Waals surface area (Å²) in [5.74, 6) is 0.761. The quantitative estimate of drug-likeness (QED) is 0.135. The predicted molar refractivity (Wildman–Crippen MR) is 113 cm³/mol. The van der Waals surface area contributed by atoms with E-state index >= 15 is 0 Å². The van der Waals surface area contributed by atoms with E-state index < -0.39 is 0 Å². The lowest BCUT2D eigenvalue weighted by Gasteiger charge is -2.30. The van der Waals surface area contributed by atoms with Crippen molar-refractivity contribution in [1.29, 1.82) is 0 Å². The van der Waals surface area contributed by atoms with Crippen molar-refractivity contribution in [3.05, 3.63) is 0 Å². The van der Waals surface area contributed by atoms with Gasteiger partial charge in [-0.25, -0.2) is 0 Å². The van der Waals surface area contributed by atoms with Crippen LogP contribution in [0.1, 0.15) is 111 Å². The Hall–Kier alpha value is -0.0800. The van der Waals surface area contributed by atoms with Crippen molar-refractivity contribution in [2.45, 2.75) is 111 Å². The molecule has 2 heteroatoms. The van der Waals surface area contributed by atoms with Gasteiger partial charge in [0.1, 0.15) is 0 Å². The van der Waals surface area contributed by atoms with Gasteiger partial charge in [-0.3, -0.25) is 0 Å². The van der Waals surface area contributed by atoms with Crippen molar-refractivity contribution >= 4 is 0 Å². The summed E-state index contributed by atoms with van der Waals surface area (Å²) in [4.78, 5) is 0. The fourth-order valence-electron chi connectivity index (χ4n) is 3.46. The first-order valence-electron chi connectivity index (χ1n) is 11.5. The number of quaternary nitrogens is 1. The molecule has 1 unspecified atom stereocenters. The van der Waals surface area contributed by atoms with Crippen LogP contribution in [-0.2, 0) is 4.74 Å². The molecule has 0 bridgehead atoms. The lowest BCUT2D eigenvalue weighted by atomic mass is 10.0. The van der Waals surface area contributed by atoms with E-state index in [1.807, 2.05) is 0 Å². The molecule has 0 saturated carbocycles. The van der Waals surface area contributed by atoms with E-state index in [1.165, 1.54) is 96.4 Å². The summed E-state index contributed by atoms with van der Waals surface area (Å²) in [6.07, 6.45) is 19.4. The van der Waals surface area contributed by atoms with Crippen molar-refractivity contribution < 1.29 is 9.22 Å². The van der Waals surface area contributed by atoms with Crippen LogP contribution in [0, 0.1) is 5.92 Å². The molecule has 152 valence electrons. The zero-order valence-corrected chi connectivity index (χ0v) is 18.5. The zero-order valence-electron chi connectivity index (χ0n) is 18.5. The lowest BCUT2D eigenvalue weighted by Crippen LogP contribution is -2.42. The Kier molecular flexibility index (Phi) is 17.3. The molecule has 0 heterocycles. The molecule has 0 aromatic rings. The molecule has 0 aliphatic heterocycles. The van der Waals surface area contributed by atoms with Crippen LogP contribution in [0.5, 0.6) is 0 Å². The molecule has 0 rings (SSSR count). The van der Waals surface area contributed by atoms with Crippen LogP contribution < -0.4 is 0 Å². The molecule has 0 amide bonds. The number of hydrogen-bond donors (Lipinski definition) is 0. The zero-order chi connectivity index (χ0) is 18.8. The van der Waals surface area contributed by atoms with Crippen LogP contribution in [0.15, 0.2) is 0 Å². The van der Waals surface area contributed by atoms with Gasteiger partial charge in [0.15, 0.2) is 6.73 Å². The summed E-state index contributed by atoms with van der Waals surface area (Å²) < 4.78 is 7.08. The first-order valence-corrected chi connectivity index (χ1v) is 11.5. The Bertz CT molecular complexity index is 265. The number of ether oxygens (including phenoxy) is 1. The van der Waals surface area contributed by atoms with E-state index in [2.05, 4.69) is 34.9 Å².